The molecule has 1 aliphatic heterocycles. The maximum atomic E-state index is 11.6. The largest absolute Gasteiger partial charge is 0.368 e. The second-order valence-electron chi connectivity index (χ2n) is 7.42. The molecule has 4 rings (SSSR count). The monoisotopic (exact) mass is 375 g/mol. The first-order valence-corrected chi connectivity index (χ1v) is 9.85. The fourth-order valence-electron chi connectivity index (χ4n) is 3.90. The van der Waals surface area contributed by atoms with Gasteiger partial charge in [-0.25, -0.2) is 4.98 Å². The van der Waals surface area contributed by atoms with Crippen LogP contribution in [0.5, 0.6) is 0 Å². The Bertz CT molecular complexity index is 945. The molecule has 2 aromatic carbocycles. The van der Waals surface area contributed by atoms with Crippen LogP contribution in [0.3, 0.4) is 0 Å². The summed E-state index contributed by atoms with van der Waals surface area (Å²) in [5.74, 6) is -0.00273. The van der Waals surface area contributed by atoms with Crippen LogP contribution in [-0.2, 0) is 16.0 Å². The molecule has 1 saturated heterocycles. The van der Waals surface area contributed by atoms with Gasteiger partial charge in [0.25, 0.3) is 0 Å². The lowest BCUT2D eigenvalue weighted by Crippen LogP contribution is -2.42. The molecular weight excluding hydrogens is 350 g/mol. The Morgan fingerprint density at radius 1 is 1.07 bits per heavy atom. The summed E-state index contributed by atoms with van der Waals surface area (Å²) >= 11 is 0. The van der Waals surface area contributed by atoms with Gasteiger partial charge in [0, 0.05) is 13.0 Å². The van der Waals surface area contributed by atoms with Gasteiger partial charge in [-0.15, -0.1) is 0 Å². The van der Waals surface area contributed by atoms with E-state index in [0.29, 0.717) is 6.42 Å². The number of nitrogens with one attached hydrogen (secondary N) is 1. The zero-order valence-corrected chi connectivity index (χ0v) is 16.0. The molecule has 1 amide bonds. The predicted molar refractivity (Wildman–Crippen MR) is 109 cm³/mol. The average molecular weight is 375 g/mol. The van der Waals surface area contributed by atoms with E-state index >= 15 is 0 Å². The van der Waals surface area contributed by atoms with Gasteiger partial charge in [-0.05, 0) is 43.4 Å². The Morgan fingerprint density at radius 3 is 2.61 bits per heavy atom. The quantitative estimate of drug-likeness (QED) is 0.732. The van der Waals surface area contributed by atoms with E-state index in [2.05, 4.69) is 34.6 Å². The van der Waals surface area contributed by atoms with Crippen molar-refractivity contribution < 1.29 is 9.53 Å². The highest BCUT2D eigenvalue weighted by Gasteiger charge is 2.31. The standard InChI is InChI=1S/C23H25N3O2/c1-16(27)25-18-13-19(12-11-17-7-3-2-4-8-17)28-23(14-18)22-15-24-20-9-5-6-10-21(20)26-22/h2-10,15,18-19,23H,11-14H2,1H3,(H,25,27)/t18-,19+,23+/m1/s1. The molecule has 144 valence electrons. The number of hydrogen-bond donors (Lipinski definition) is 1. The predicted octanol–water partition coefficient (Wildman–Crippen LogP) is 3.99. The summed E-state index contributed by atoms with van der Waals surface area (Å²) in [6.07, 6.45) is 5.12. The molecule has 28 heavy (non-hydrogen) atoms. The van der Waals surface area contributed by atoms with Crippen LogP contribution < -0.4 is 5.32 Å². The molecule has 0 saturated carbocycles. The number of amides is 1. The average Bonchev–Trinajstić information content (AvgIpc) is 2.72. The first-order valence-electron chi connectivity index (χ1n) is 9.85. The molecule has 0 unspecified atom stereocenters. The highest BCUT2D eigenvalue weighted by Crippen LogP contribution is 2.32. The number of nitrogens with zero attached hydrogens (tertiary/aromatic N) is 2. The summed E-state index contributed by atoms with van der Waals surface area (Å²) < 4.78 is 6.40. The third kappa shape index (κ3) is 4.54. The van der Waals surface area contributed by atoms with Crippen molar-refractivity contribution in [1.29, 1.82) is 0 Å². The minimum atomic E-state index is -0.163. The van der Waals surface area contributed by atoms with Gasteiger partial charge in [0.05, 0.1) is 29.0 Å². The van der Waals surface area contributed by atoms with Crippen molar-refractivity contribution in [3.63, 3.8) is 0 Å². The zero-order valence-electron chi connectivity index (χ0n) is 16.0. The maximum absolute atomic E-state index is 11.6. The zero-order chi connectivity index (χ0) is 19.3. The van der Waals surface area contributed by atoms with Crippen molar-refractivity contribution in [1.82, 2.24) is 15.3 Å². The number of carbonyl (C=O) groups excluding carboxylic acids is 1. The fourth-order valence-corrected chi connectivity index (χ4v) is 3.90. The highest BCUT2D eigenvalue weighted by molar-refractivity contribution is 5.74. The Kier molecular flexibility index (Phi) is 5.63. The molecule has 5 heteroatoms. The Labute approximate surface area is 165 Å². The normalized spacial score (nSPS) is 22.1. The van der Waals surface area contributed by atoms with Crippen molar-refractivity contribution in [2.75, 3.05) is 0 Å². The van der Waals surface area contributed by atoms with Crippen LogP contribution in [0.15, 0.2) is 60.8 Å². The molecule has 3 atom stereocenters. The molecular formula is C23H25N3O2. The molecule has 0 bridgehead atoms. The molecule has 0 radical (unpaired) electrons. The Balaban J connectivity index is 1.51. The van der Waals surface area contributed by atoms with Crippen LogP contribution in [0.25, 0.3) is 11.0 Å². The van der Waals surface area contributed by atoms with E-state index < -0.39 is 0 Å². The Hall–Kier alpha value is -2.79. The fraction of sp³-hybridized carbons (Fsp3) is 0.348. The molecule has 0 aliphatic carbocycles. The highest BCUT2D eigenvalue weighted by atomic mass is 16.5. The van der Waals surface area contributed by atoms with Crippen molar-refractivity contribution in [3.05, 3.63) is 72.1 Å². The number of hydrogen-bond acceptors (Lipinski definition) is 4. The van der Waals surface area contributed by atoms with Gasteiger partial charge >= 0.3 is 0 Å². The molecule has 1 aromatic heterocycles. The third-order valence-electron chi connectivity index (χ3n) is 5.20. The second-order valence-corrected chi connectivity index (χ2v) is 7.42. The molecule has 1 aliphatic rings. The molecule has 1 N–H and O–H groups in total. The van der Waals surface area contributed by atoms with Gasteiger partial charge in [-0.3, -0.25) is 9.78 Å². The second kappa shape index (κ2) is 8.48. The lowest BCUT2D eigenvalue weighted by atomic mass is 9.93. The minimum Gasteiger partial charge on any atom is -0.368 e. The molecule has 1 fully saturated rings. The number of aryl methyl sites for hydroxylation is 1. The lowest BCUT2D eigenvalue weighted by molar-refractivity contribution is -0.122. The number of fused-ring (bicyclic) bond motifs is 1. The van der Waals surface area contributed by atoms with E-state index in [9.17, 15) is 4.79 Å². The number of aromatic nitrogens is 2. The number of para-hydroxylation sites is 2. The van der Waals surface area contributed by atoms with Gasteiger partial charge in [0.1, 0.15) is 6.10 Å². The Morgan fingerprint density at radius 2 is 1.82 bits per heavy atom. The molecule has 0 spiro atoms. The minimum absolute atomic E-state index is 0.00273. The van der Waals surface area contributed by atoms with E-state index in [1.54, 1.807) is 13.1 Å². The van der Waals surface area contributed by atoms with Crippen LogP contribution in [0.4, 0.5) is 0 Å². The molecule has 2 heterocycles. The van der Waals surface area contributed by atoms with Crippen molar-refractivity contribution in [2.45, 2.75) is 50.9 Å². The summed E-state index contributed by atoms with van der Waals surface area (Å²) in [4.78, 5) is 20.9. The number of benzene rings is 2. The van der Waals surface area contributed by atoms with Crippen LogP contribution in [0.1, 0.15) is 43.5 Å². The van der Waals surface area contributed by atoms with Gasteiger partial charge in [-0.1, -0.05) is 42.5 Å². The number of carbonyl (C=O) groups is 1. The number of rotatable bonds is 5. The smallest absolute Gasteiger partial charge is 0.217 e. The summed E-state index contributed by atoms with van der Waals surface area (Å²) in [5, 5.41) is 3.08. The number of ether oxygens (including phenoxy) is 1. The molecule has 3 aromatic rings. The summed E-state index contributed by atoms with van der Waals surface area (Å²) in [6, 6.07) is 18.4. The van der Waals surface area contributed by atoms with E-state index in [0.717, 1.165) is 36.0 Å². The van der Waals surface area contributed by atoms with Crippen LogP contribution in [-0.4, -0.2) is 28.0 Å². The first-order chi connectivity index (χ1) is 13.7. The lowest BCUT2D eigenvalue weighted by Gasteiger charge is -2.35. The van der Waals surface area contributed by atoms with Gasteiger partial charge in [-0.2, -0.15) is 0 Å². The first kappa shape index (κ1) is 18.6. The summed E-state index contributed by atoms with van der Waals surface area (Å²) in [7, 11) is 0. The van der Waals surface area contributed by atoms with E-state index in [-0.39, 0.29) is 24.2 Å². The van der Waals surface area contributed by atoms with E-state index in [4.69, 9.17) is 9.72 Å². The molecule has 5 nitrogen and oxygen atoms in total. The van der Waals surface area contributed by atoms with Gasteiger partial charge in [0.15, 0.2) is 0 Å². The summed E-state index contributed by atoms with van der Waals surface area (Å²) in [6.45, 7) is 1.57. The van der Waals surface area contributed by atoms with Crippen molar-refractivity contribution >= 4 is 16.9 Å². The topological polar surface area (TPSA) is 64.1 Å². The van der Waals surface area contributed by atoms with Crippen LogP contribution in [0, 0.1) is 0 Å². The van der Waals surface area contributed by atoms with Crippen LogP contribution in [0.2, 0.25) is 0 Å². The third-order valence-corrected chi connectivity index (χ3v) is 5.20. The van der Waals surface area contributed by atoms with Gasteiger partial charge < -0.3 is 10.1 Å². The van der Waals surface area contributed by atoms with Gasteiger partial charge in [0.2, 0.25) is 5.91 Å². The maximum Gasteiger partial charge on any atom is 0.217 e. The summed E-state index contributed by atoms with van der Waals surface area (Å²) in [5.41, 5.74) is 3.88. The van der Waals surface area contributed by atoms with Crippen molar-refractivity contribution in [2.24, 2.45) is 0 Å². The van der Waals surface area contributed by atoms with E-state index in [1.165, 1.54) is 5.56 Å². The van der Waals surface area contributed by atoms with Crippen molar-refractivity contribution in [3.8, 4) is 0 Å². The van der Waals surface area contributed by atoms with E-state index in [1.807, 2.05) is 30.3 Å². The van der Waals surface area contributed by atoms with Crippen LogP contribution >= 0.6 is 0 Å². The SMILES string of the molecule is CC(=O)N[C@@H]1C[C@H](CCc2ccccc2)O[C@H](c2cnc3ccccc3n2)C1.